The minimum absolute atomic E-state index is 0.0608. The SMILES string of the molecule is COc1cc2nc(C)nc(NC(C)c3ccc(-c4cc(N)ccc4C)s3)c2cc1OC. The van der Waals surface area contributed by atoms with E-state index in [9.17, 15) is 0 Å². The number of benzene rings is 2. The standard InChI is InChI=1S/C24H26N4O2S/c1-13-6-7-16(25)10-17(13)23-9-8-22(31-23)14(2)26-24-18-11-20(29-4)21(30-5)12-19(18)27-15(3)28-24/h6-12,14H,25H2,1-5H3,(H,26,27,28). The van der Waals surface area contributed by atoms with Gasteiger partial charge in [-0.05, 0) is 62.2 Å². The van der Waals surface area contributed by atoms with Crippen LogP contribution in [0, 0.1) is 13.8 Å². The maximum Gasteiger partial charge on any atom is 0.162 e. The molecule has 2 aromatic heterocycles. The highest BCUT2D eigenvalue weighted by atomic mass is 32.1. The van der Waals surface area contributed by atoms with E-state index >= 15 is 0 Å². The number of nitrogens with two attached hydrogens (primary N) is 1. The second kappa shape index (κ2) is 8.43. The quantitative estimate of drug-likeness (QED) is 0.376. The molecule has 0 amide bonds. The van der Waals surface area contributed by atoms with Crippen LogP contribution in [-0.4, -0.2) is 24.2 Å². The number of aryl methyl sites for hydroxylation is 2. The van der Waals surface area contributed by atoms with Gasteiger partial charge in [0.05, 0.1) is 25.8 Å². The first-order chi connectivity index (χ1) is 14.9. The molecule has 31 heavy (non-hydrogen) atoms. The van der Waals surface area contributed by atoms with E-state index in [0.717, 1.165) is 22.4 Å². The van der Waals surface area contributed by atoms with E-state index in [1.165, 1.54) is 20.9 Å². The summed E-state index contributed by atoms with van der Waals surface area (Å²) < 4.78 is 10.9. The van der Waals surface area contributed by atoms with E-state index in [1.54, 1.807) is 25.6 Å². The van der Waals surface area contributed by atoms with E-state index in [2.05, 4.69) is 47.3 Å². The summed E-state index contributed by atoms with van der Waals surface area (Å²) >= 11 is 1.75. The van der Waals surface area contributed by atoms with Gasteiger partial charge in [0.25, 0.3) is 0 Å². The molecule has 0 fully saturated rings. The van der Waals surface area contributed by atoms with E-state index in [1.807, 2.05) is 31.2 Å². The summed E-state index contributed by atoms with van der Waals surface area (Å²) in [6.07, 6.45) is 0. The molecular formula is C24H26N4O2S. The normalized spacial score (nSPS) is 12.0. The lowest BCUT2D eigenvalue weighted by atomic mass is 10.1. The van der Waals surface area contributed by atoms with E-state index in [-0.39, 0.29) is 6.04 Å². The molecule has 0 spiro atoms. The van der Waals surface area contributed by atoms with Gasteiger partial charge in [-0.3, -0.25) is 0 Å². The predicted molar refractivity (Wildman–Crippen MR) is 128 cm³/mol. The van der Waals surface area contributed by atoms with Crippen LogP contribution in [0.2, 0.25) is 0 Å². The Bertz CT molecular complexity index is 1250. The summed E-state index contributed by atoms with van der Waals surface area (Å²) in [6, 6.07) is 14.2. The van der Waals surface area contributed by atoms with Crippen LogP contribution in [0.25, 0.3) is 21.3 Å². The van der Waals surface area contributed by atoms with Crippen LogP contribution in [0.1, 0.15) is 29.2 Å². The van der Waals surface area contributed by atoms with Gasteiger partial charge in [0, 0.05) is 26.9 Å². The predicted octanol–water partition coefficient (Wildman–Crippen LogP) is 5.75. The van der Waals surface area contributed by atoms with Crippen molar-refractivity contribution in [2.24, 2.45) is 0 Å². The molecule has 0 aliphatic rings. The van der Waals surface area contributed by atoms with Crippen molar-refractivity contribution in [2.75, 3.05) is 25.3 Å². The summed E-state index contributed by atoms with van der Waals surface area (Å²) in [5.41, 5.74) is 9.96. The van der Waals surface area contributed by atoms with Gasteiger partial charge in [0.1, 0.15) is 11.6 Å². The average Bonchev–Trinajstić information content (AvgIpc) is 3.24. The lowest BCUT2D eigenvalue weighted by Crippen LogP contribution is -2.08. The Morgan fingerprint density at radius 3 is 2.45 bits per heavy atom. The number of hydrogen-bond donors (Lipinski definition) is 2. The van der Waals surface area contributed by atoms with Gasteiger partial charge in [0.15, 0.2) is 11.5 Å². The second-order valence-corrected chi connectivity index (χ2v) is 8.60. The molecule has 2 heterocycles. The highest BCUT2D eigenvalue weighted by Crippen LogP contribution is 2.37. The number of methoxy groups -OCH3 is 2. The van der Waals surface area contributed by atoms with E-state index < -0.39 is 0 Å². The summed E-state index contributed by atoms with van der Waals surface area (Å²) in [4.78, 5) is 11.6. The minimum atomic E-state index is 0.0608. The number of ether oxygens (including phenoxy) is 2. The summed E-state index contributed by atoms with van der Waals surface area (Å²) in [6.45, 7) is 6.12. The van der Waals surface area contributed by atoms with Gasteiger partial charge in [-0.1, -0.05) is 6.07 Å². The van der Waals surface area contributed by atoms with Crippen LogP contribution in [0.15, 0.2) is 42.5 Å². The first-order valence-electron chi connectivity index (χ1n) is 10.0. The third kappa shape index (κ3) is 4.14. The van der Waals surface area contributed by atoms with Gasteiger partial charge in [-0.15, -0.1) is 11.3 Å². The van der Waals surface area contributed by atoms with Crippen molar-refractivity contribution in [3.8, 4) is 21.9 Å². The van der Waals surface area contributed by atoms with Crippen LogP contribution in [0.5, 0.6) is 11.5 Å². The van der Waals surface area contributed by atoms with Crippen molar-refractivity contribution >= 4 is 33.7 Å². The molecule has 0 saturated carbocycles. The molecule has 0 radical (unpaired) electrons. The van der Waals surface area contributed by atoms with E-state index in [4.69, 9.17) is 15.2 Å². The molecule has 7 heteroatoms. The molecule has 0 aliphatic carbocycles. The molecule has 0 saturated heterocycles. The molecule has 2 aromatic carbocycles. The number of nitrogen functional groups attached to an aromatic ring is 1. The summed E-state index contributed by atoms with van der Waals surface area (Å²) in [5, 5.41) is 4.45. The summed E-state index contributed by atoms with van der Waals surface area (Å²) in [7, 11) is 3.25. The third-order valence-corrected chi connectivity index (χ3v) is 6.55. The van der Waals surface area contributed by atoms with Crippen LogP contribution in [-0.2, 0) is 0 Å². The molecule has 4 rings (SSSR count). The topological polar surface area (TPSA) is 82.3 Å². The van der Waals surface area contributed by atoms with Gasteiger partial charge in [-0.2, -0.15) is 0 Å². The second-order valence-electron chi connectivity index (χ2n) is 7.49. The Hall–Kier alpha value is -3.32. The maximum absolute atomic E-state index is 6.00. The maximum atomic E-state index is 6.00. The molecule has 1 unspecified atom stereocenters. The highest BCUT2D eigenvalue weighted by molar-refractivity contribution is 7.15. The first kappa shape index (κ1) is 20.9. The van der Waals surface area contributed by atoms with Crippen molar-refractivity contribution in [3.63, 3.8) is 0 Å². The van der Waals surface area contributed by atoms with Gasteiger partial charge < -0.3 is 20.5 Å². The van der Waals surface area contributed by atoms with Crippen molar-refractivity contribution in [1.29, 1.82) is 0 Å². The molecule has 4 aromatic rings. The molecule has 160 valence electrons. The van der Waals surface area contributed by atoms with Crippen LogP contribution in [0.3, 0.4) is 0 Å². The van der Waals surface area contributed by atoms with Crippen LogP contribution >= 0.6 is 11.3 Å². The fourth-order valence-electron chi connectivity index (χ4n) is 3.59. The fourth-order valence-corrected chi connectivity index (χ4v) is 4.69. The van der Waals surface area contributed by atoms with Crippen molar-refractivity contribution in [2.45, 2.75) is 26.8 Å². The number of nitrogens with zero attached hydrogens (tertiary/aromatic N) is 2. The van der Waals surface area contributed by atoms with Gasteiger partial charge in [-0.25, -0.2) is 9.97 Å². The van der Waals surface area contributed by atoms with Crippen LogP contribution < -0.4 is 20.5 Å². The fraction of sp³-hybridized carbons (Fsp3) is 0.250. The Balaban J connectivity index is 1.68. The largest absolute Gasteiger partial charge is 0.493 e. The number of hydrogen-bond acceptors (Lipinski definition) is 7. The number of thiophene rings is 1. The van der Waals surface area contributed by atoms with E-state index in [0.29, 0.717) is 17.3 Å². The molecule has 0 bridgehead atoms. The Morgan fingerprint density at radius 2 is 1.71 bits per heavy atom. The zero-order valence-electron chi connectivity index (χ0n) is 18.3. The summed E-state index contributed by atoms with van der Waals surface area (Å²) in [5.74, 6) is 2.75. The average molecular weight is 435 g/mol. The zero-order chi connectivity index (χ0) is 22.1. The number of nitrogens with one attached hydrogen (secondary N) is 1. The Kier molecular flexibility index (Phi) is 5.69. The van der Waals surface area contributed by atoms with Crippen molar-refractivity contribution < 1.29 is 9.47 Å². The number of aromatic nitrogens is 2. The number of anilines is 2. The Labute approximate surface area is 186 Å². The van der Waals surface area contributed by atoms with Crippen molar-refractivity contribution in [3.05, 3.63) is 58.7 Å². The number of rotatable bonds is 6. The lowest BCUT2D eigenvalue weighted by Gasteiger charge is -2.16. The third-order valence-electron chi connectivity index (χ3n) is 5.25. The van der Waals surface area contributed by atoms with Gasteiger partial charge in [0.2, 0.25) is 0 Å². The minimum Gasteiger partial charge on any atom is -0.493 e. The highest BCUT2D eigenvalue weighted by Gasteiger charge is 2.16. The molecule has 3 N–H and O–H groups in total. The van der Waals surface area contributed by atoms with Gasteiger partial charge >= 0.3 is 0 Å². The zero-order valence-corrected chi connectivity index (χ0v) is 19.1. The molecule has 0 aliphatic heterocycles. The first-order valence-corrected chi connectivity index (χ1v) is 10.8. The number of fused-ring (bicyclic) bond motifs is 1. The van der Waals surface area contributed by atoms with Crippen molar-refractivity contribution in [1.82, 2.24) is 9.97 Å². The van der Waals surface area contributed by atoms with Crippen LogP contribution in [0.4, 0.5) is 11.5 Å². The smallest absolute Gasteiger partial charge is 0.162 e. The molecular weight excluding hydrogens is 408 g/mol. The lowest BCUT2D eigenvalue weighted by molar-refractivity contribution is 0.356. The monoisotopic (exact) mass is 434 g/mol. The molecule has 6 nitrogen and oxygen atoms in total. The molecule has 1 atom stereocenters. The Morgan fingerprint density at radius 1 is 0.968 bits per heavy atom.